The Morgan fingerprint density at radius 3 is 2.79 bits per heavy atom. The normalized spacial score (nSPS) is 12.5. The molecule has 0 fully saturated rings. The molecule has 0 spiro atoms. The summed E-state index contributed by atoms with van der Waals surface area (Å²) in [5, 5.41) is 9.74. The number of aromatic nitrogens is 2. The molecule has 0 aliphatic heterocycles. The van der Waals surface area contributed by atoms with Crippen molar-refractivity contribution in [3.8, 4) is 0 Å². The molecule has 0 radical (unpaired) electrons. The van der Waals surface area contributed by atoms with Crippen LogP contribution < -0.4 is 11.1 Å². The zero-order chi connectivity index (χ0) is 10.6. The molecule has 1 aromatic heterocycles. The van der Waals surface area contributed by atoms with E-state index in [1.807, 2.05) is 6.92 Å². The van der Waals surface area contributed by atoms with E-state index in [9.17, 15) is 4.79 Å². The van der Waals surface area contributed by atoms with E-state index in [1.54, 1.807) is 6.92 Å². The van der Waals surface area contributed by atoms with Gasteiger partial charge in [0.15, 0.2) is 0 Å². The summed E-state index contributed by atoms with van der Waals surface area (Å²) in [6.45, 7) is 3.87. The molecular weight excluding hydrogens is 184 g/mol. The van der Waals surface area contributed by atoms with Crippen LogP contribution in [-0.4, -0.2) is 22.6 Å². The first-order valence-electron chi connectivity index (χ1n) is 4.48. The third-order valence-electron chi connectivity index (χ3n) is 1.90. The van der Waals surface area contributed by atoms with Gasteiger partial charge in [-0.2, -0.15) is 0 Å². The second kappa shape index (κ2) is 4.71. The molecular formula is C8H14N4O2. The average molecular weight is 198 g/mol. The lowest BCUT2D eigenvalue weighted by molar-refractivity contribution is -0.119. The predicted molar refractivity (Wildman–Crippen MR) is 50.5 cm³/mol. The van der Waals surface area contributed by atoms with Gasteiger partial charge in [-0.05, 0) is 6.42 Å². The predicted octanol–water partition coefficient (Wildman–Crippen LogP) is 0.301. The number of nitrogens with one attached hydrogen (secondary N) is 1. The van der Waals surface area contributed by atoms with Gasteiger partial charge < -0.3 is 10.2 Å². The maximum atomic E-state index is 11.5. The standard InChI is InChI=1S/C8H14N4O2/c1-3-6(4-9)7(13)10-8-12-11-5(2)14-8/h6H,3-4,9H2,1-2H3,(H,10,12,13). The molecule has 0 aromatic carbocycles. The second-order valence-corrected chi connectivity index (χ2v) is 2.96. The number of anilines is 1. The van der Waals surface area contributed by atoms with Crippen LogP contribution in [0.25, 0.3) is 0 Å². The molecule has 0 saturated carbocycles. The first kappa shape index (κ1) is 10.6. The highest BCUT2D eigenvalue weighted by Crippen LogP contribution is 2.07. The minimum Gasteiger partial charge on any atom is -0.408 e. The Balaban J connectivity index is 2.56. The highest BCUT2D eigenvalue weighted by Gasteiger charge is 2.16. The smallest absolute Gasteiger partial charge is 0.322 e. The van der Waals surface area contributed by atoms with Crippen LogP contribution in [0.1, 0.15) is 19.2 Å². The second-order valence-electron chi connectivity index (χ2n) is 2.96. The van der Waals surface area contributed by atoms with Gasteiger partial charge in [-0.25, -0.2) is 0 Å². The molecule has 78 valence electrons. The summed E-state index contributed by atoms with van der Waals surface area (Å²) >= 11 is 0. The lowest BCUT2D eigenvalue weighted by atomic mass is 10.1. The molecule has 1 heterocycles. The van der Waals surface area contributed by atoms with Crippen LogP contribution in [0.5, 0.6) is 0 Å². The molecule has 14 heavy (non-hydrogen) atoms. The first-order valence-corrected chi connectivity index (χ1v) is 4.48. The number of aryl methyl sites for hydroxylation is 1. The van der Waals surface area contributed by atoms with Gasteiger partial charge in [0.2, 0.25) is 11.8 Å². The van der Waals surface area contributed by atoms with Crippen LogP contribution in [-0.2, 0) is 4.79 Å². The summed E-state index contributed by atoms with van der Waals surface area (Å²) in [7, 11) is 0. The van der Waals surface area contributed by atoms with Gasteiger partial charge in [-0.3, -0.25) is 10.1 Å². The van der Waals surface area contributed by atoms with Crippen molar-refractivity contribution in [2.24, 2.45) is 11.7 Å². The van der Waals surface area contributed by atoms with Crippen molar-refractivity contribution < 1.29 is 9.21 Å². The van der Waals surface area contributed by atoms with Crippen molar-refractivity contribution in [3.05, 3.63) is 5.89 Å². The topological polar surface area (TPSA) is 94.0 Å². The quantitative estimate of drug-likeness (QED) is 0.725. The van der Waals surface area contributed by atoms with Gasteiger partial charge in [0.05, 0.1) is 5.92 Å². The molecule has 6 nitrogen and oxygen atoms in total. The van der Waals surface area contributed by atoms with E-state index >= 15 is 0 Å². The number of hydrogen-bond donors (Lipinski definition) is 2. The largest absolute Gasteiger partial charge is 0.408 e. The van der Waals surface area contributed by atoms with Crippen molar-refractivity contribution in [2.75, 3.05) is 11.9 Å². The minimum atomic E-state index is -0.206. The fourth-order valence-corrected chi connectivity index (χ4v) is 1.01. The van der Waals surface area contributed by atoms with E-state index in [-0.39, 0.29) is 17.8 Å². The maximum absolute atomic E-state index is 11.5. The van der Waals surface area contributed by atoms with Gasteiger partial charge in [0.25, 0.3) is 0 Å². The van der Waals surface area contributed by atoms with Crippen LogP contribution in [0.2, 0.25) is 0 Å². The van der Waals surface area contributed by atoms with Crippen LogP contribution in [0.3, 0.4) is 0 Å². The number of carbonyl (C=O) groups is 1. The SMILES string of the molecule is CCC(CN)C(=O)Nc1nnc(C)o1. The average Bonchev–Trinajstić information content (AvgIpc) is 2.53. The van der Waals surface area contributed by atoms with Crippen molar-refractivity contribution in [1.29, 1.82) is 0 Å². The molecule has 3 N–H and O–H groups in total. The Morgan fingerprint density at radius 2 is 2.36 bits per heavy atom. The summed E-state index contributed by atoms with van der Waals surface area (Å²) < 4.78 is 5.00. The molecule has 0 aliphatic carbocycles. The van der Waals surface area contributed by atoms with E-state index in [4.69, 9.17) is 10.2 Å². The molecule has 1 amide bonds. The third kappa shape index (κ3) is 2.53. The Morgan fingerprint density at radius 1 is 1.64 bits per heavy atom. The molecule has 1 aromatic rings. The van der Waals surface area contributed by atoms with Crippen molar-refractivity contribution >= 4 is 11.9 Å². The third-order valence-corrected chi connectivity index (χ3v) is 1.90. The highest BCUT2D eigenvalue weighted by molar-refractivity contribution is 5.90. The molecule has 0 bridgehead atoms. The Hall–Kier alpha value is -1.43. The van der Waals surface area contributed by atoms with Crippen LogP contribution in [0, 0.1) is 12.8 Å². The Bertz CT molecular complexity index is 306. The fourth-order valence-electron chi connectivity index (χ4n) is 1.01. The number of nitrogens with two attached hydrogens (primary N) is 1. The van der Waals surface area contributed by atoms with Gasteiger partial charge in [0.1, 0.15) is 0 Å². The summed E-state index contributed by atoms with van der Waals surface area (Å²) in [6.07, 6.45) is 0.690. The van der Waals surface area contributed by atoms with E-state index in [0.717, 1.165) is 0 Å². The van der Waals surface area contributed by atoms with Gasteiger partial charge in [-0.1, -0.05) is 12.0 Å². The van der Waals surface area contributed by atoms with Crippen LogP contribution in [0.15, 0.2) is 4.42 Å². The number of carbonyl (C=O) groups excluding carboxylic acids is 1. The van der Waals surface area contributed by atoms with Gasteiger partial charge in [0, 0.05) is 13.5 Å². The van der Waals surface area contributed by atoms with Crippen molar-refractivity contribution in [1.82, 2.24) is 10.2 Å². The lowest BCUT2D eigenvalue weighted by Gasteiger charge is -2.09. The molecule has 1 atom stereocenters. The van der Waals surface area contributed by atoms with Crippen LogP contribution in [0.4, 0.5) is 6.01 Å². The van der Waals surface area contributed by atoms with E-state index in [0.29, 0.717) is 18.9 Å². The van der Waals surface area contributed by atoms with E-state index < -0.39 is 0 Å². The summed E-state index contributed by atoms with van der Waals surface area (Å²) in [6, 6.07) is 0.124. The molecule has 1 rings (SSSR count). The monoisotopic (exact) mass is 198 g/mol. The molecule has 1 unspecified atom stereocenters. The van der Waals surface area contributed by atoms with Gasteiger partial charge in [-0.15, -0.1) is 5.10 Å². The first-order chi connectivity index (χ1) is 6.67. The Kier molecular flexibility index (Phi) is 3.58. The summed E-state index contributed by atoms with van der Waals surface area (Å²) in [5.41, 5.74) is 5.42. The zero-order valence-corrected chi connectivity index (χ0v) is 8.28. The van der Waals surface area contributed by atoms with Crippen LogP contribution >= 0.6 is 0 Å². The molecule has 0 saturated heterocycles. The number of nitrogens with zero attached hydrogens (tertiary/aromatic N) is 2. The number of rotatable bonds is 4. The zero-order valence-electron chi connectivity index (χ0n) is 8.28. The minimum absolute atomic E-state index is 0.124. The van der Waals surface area contributed by atoms with Crippen molar-refractivity contribution in [2.45, 2.75) is 20.3 Å². The van der Waals surface area contributed by atoms with Gasteiger partial charge >= 0.3 is 6.01 Å². The molecule has 0 aliphatic rings. The number of amides is 1. The molecule has 6 heteroatoms. The fraction of sp³-hybridized carbons (Fsp3) is 0.625. The summed E-state index contributed by atoms with van der Waals surface area (Å²) in [4.78, 5) is 11.5. The Labute approximate surface area is 81.9 Å². The number of hydrogen-bond acceptors (Lipinski definition) is 5. The maximum Gasteiger partial charge on any atom is 0.322 e. The lowest BCUT2D eigenvalue weighted by Crippen LogP contribution is -2.28. The summed E-state index contributed by atoms with van der Waals surface area (Å²) in [5.74, 6) is 0.0296. The van der Waals surface area contributed by atoms with Crippen molar-refractivity contribution in [3.63, 3.8) is 0 Å². The van der Waals surface area contributed by atoms with E-state index in [1.165, 1.54) is 0 Å². The van der Waals surface area contributed by atoms with E-state index in [2.05, 4.69) is 15.5 Å². The highest BCUT2D eigenvalue weighted by atomic mass is 16.4.